The minimum Gasteiger partial charge on any atom is -0.367 e. The van der Waals surface area contributed by atoms with Gasteiger partial charge >= 0.3 is 0 Å². The van der Waals surface area contributed by atoms with Gasteiger partial charge in [0.25, 0.3) is 0 Å². The van der Waals surface area contributed by atoms with Gasteiger partial charge in [0.2, 0.25) is 0 Å². The van der Waals surface area contributed by atoms with E-state index in [2.05, 4.69) is 53.3 Å². The van der Waals surface area contributed by atoms with E-state index in [9.17, 15) is 0 Å². The van der Waals surface area contributed by atoms with Crippen molar-refractivity contribution in [3.63, 3.8) is 0 Å². The molecule has 1 aromatic heterocycles. The Morgan fingerprint density at radius 1 is 1.32 bits per heavy atom. The lowest BCUT2D eigenvalue weighted by Crippen LogP contribution is -2.53. The number of rotatable bonds is 2. The molecule has 0 aliphatic carbocycles. The van der Waals surface area contributed by atoms with Crippen LogP contribution in [0.15, 0.2) is 36.5 Å². The van der Waals surface area contributed by atoms with Crippen LogP contribution in [0, 0.1) is 5.92 Å². The Labute approximate surface area is 114 Å². The molecule has 1 aromatic carbocycles. The van der Waals surface area contributed by atoms with Gasteiger partial charge in [0.1, 0.15) is 0 Å². The second kappa shape index (κ2) is 5.17. The van der Waals surface area contributed by atoms with Crippen LogP contribution in [-0.2, 0) is 0 Å². The van der Waals surface area contributed by atoms with Gasteiger partial charge in [-0.3, -0.25) is 4.98 Å². The summed E-state index contributed by atoms with van der Waals surface area (Å²) in [6.07, 6.45) is 2.00. The number of hydrogen-bond acceptors (Lipinski definition) is 3. The molecule has 1 saturated heterocycles. The Morgan fingerprint density at radius 2 is 2.16 bits per heavy atom. The van der Waals surface area contributed by atoms with Crippen LogP contribution in [0.2, 0.25) is 0 Å². The number of piperazine rings is 1. The first-order valence-corrected chi connectivity index (χ1v) is 7.07. The van der Waals surface area contributed by atoms with Crippen LogP contribution in [0.1, 0.15) is 13.8 Å². The molecular weight excluding hydrogens is 234 g/mol. The highest BCUT2D eigenvalue weighted by molar-refractivity contribution is 5.81. The van der Waals surface area contributed by atoms with Gasteiger partial charge in [-0.1, -0.05) is 32.0 Å². The van der Waals surface area contributed by atoms with Crippen LogP contribution in [0.25, 0.3) is 10.9 Å². The zero-order chi connectivity index (χ0) is 13.2. The van der Waals surface area contributed by atoms with Crippen LogP contribution in [0.5, 0.6) is 0 Å². The quantitative estimate of drug-likeness (QED) is 0.894. The molecule has 0 spiro atoms. The van der Waals surface area contributed by atoms with Gasteiger partial charge in [-0.25, -0.2) is 0 Å². The maximum absolute atomic E-state index is 4.56. The predicted octanol–water partition coefficient (Wildman–Crippen LogP) is 2.67. The largest absolute Gasteiger partial charge is 0.367 e. The first-order valence-electron chi connectivity index (χ1n) is 7.07. The molecule has 0 saturated carbocycles. The Kier molecular flexibility index (Phi) is 3.38. The highest BCUT2D eigenvalue weighted by Crippen LogP contribution is 2.21. The lowest BCUT2D eigenvalue weighted by molar-refractivity contribution is 0.368. The Hall–Kier alpha value is -1.61. The van der Waals surface area contributed by atoms with Crippen molar-refractivity contribution in [2.75, 3.05) is 24.5 Å². The number of nitrogens with one attached hydrogen (secondary N) is 1. The first-order chi connectivity index (χ1) is 9.24. The molecule has 1 aliphatic rings. The monoisotopic (exact) mass is 255 g/mol. The fraction of sp³-hybridized carbons (Fsp3) is 0.438. The average molecular weight is 255 g/mol. The summed E-state index contributed by atoms with van der Waals surface area (Å²) in [6.45, 7) is 7.73. The van der Waals surface area contributed by atoms with E-state index < -0.39 is 0 Å². The van der Waals surface area contributed by atoms with Gasteiger partial charge < -0.3 is 10.2 Å². The van der Waals surface area contributed by atoms with E-state index in [4.69, 9.17) is 0 Å². The van der Waals surface area contributed by atoms with Crippen molar-refractivity contribution in [3.05, 3.63) is 36.5 Å². The Balaban J connectivity index is 1.87. The summed E-state index contributed by atoms with van der Waals surface area (Å²) < 4.78 is 0. The van der Waals surface area contributed by atoms with Crippen molar-refractivity contribution in [2.45, 2.75) is 19.9 Å². The molecule has 3 heteroatoms. The average Bonchev–Trinajstić information content (AvgIpc) is 2.47. The van der Waals surface area contributed by atoms with E-state index in [1.165, 1.54) is 11.1 Å². The highest BCUT2D eigenvalue weighted by atomic mass is 15.2. The van der Waals surface area contributed by atoms with Gasteiger partial charge in [0.05, 0.1) is 17.4 Å². The topological polar surface area (TPSA) is 28.2 Å². The Morgan fingerprint density at radius 3 is 3.00 bits per heavy atom. The molecule has 1 fully saturated rings. The fourth-order valence-electron chi connectivity index (χ4n) is 2.69. The summed E-state index contributed by atoms with van der Waals surface area (Å²) in [7, 11) is 0. The van der Waals surface area contributed by atoms with Crippen LogP contribution < -0.4 is 10.2 Å². The highest BCUT2D eigenvalue weighted by Gasteiger charge is 2.22. The molecule has 1 aliphatic heterocycles. The van der Waals surface area contributed by atoms with Gasteiger partial charge in [0.15, 0.2) is 0 Å². The standard InChI is InChI=1S/C16H21N3/c1-12(2)16-11-19(8-7-17-16)14-9-13-5-3-4-6-15(13)18-10-14/h3-6,9-10,12,16-17H,7-8,11H2,1-2H3/t16-/m1/s1. The molecule has 19 heavy (non-hydrogen) atoms. The number of hydrogen-bond donors (Lipinski definition) is 1. The number of fused-ring (bicyclic) bond motifs is 1. The van der Waals surface area contributed by atoms with E-state index in [1.54, 1.807) is 0 Å². The molecule has 0 bridgehead atoms. The first kappa shape index (κ1) is 12.4. The summed E-state index contributed by atoms with van der Waals surface area (Å²) in [4.78, 5) is 7.01. The van der Waals surface area contributed by atoms with Crippen molar-refractivity contribution >= 4 is 16.6 Å². The number of nitrogens with zero attached hydrogens (tertiary/aromatic N) is 2. The number of pyridine rings is 1. The van der Waals surface area contributed by atoms with E-state index in [-0.39, 0.29) is 0 Å². The zero-order valence-corrected chi connectivity index (χ0v) is 11.6. The van der Waals surface area contributed by atoms with Crippen LogP contribution in [-0.4, -0.2) is 30.7 Å². The smallest absolute Gasteiger partial charge is 0.0703 e. The molecule has 1 N–H and O–H groups in total. The molecular formula is C16H21N3. The van der Waals surface area contributed by atoms with Gasteiger partial charge in [-0.05, 0) is 18.1 Å². The minimum absolute atomic E-state index is 0.570. The predicted molar refractivity (Wildman–Crippen MR) is 80.6 cm³/mol. The zero-order valence-electron chi connectivity index (χ0n) is 11.6. The normalized spacial score (nSPS) is 20.2. The third-order valence-corrected chi connectivity index (χ3v) is 3.95. The molecule has 0 radical (unpaired) electrons. The maximum atomic E-state index is 4.56. The van der Waals surface area contributed by atoms with Gasteiger partial charge in [0, 0.05) is 31.1 Å². The van der Waals surface area contributed by atoms with Crippen LogP contribution in [0.3, 0.4) is 0 Å². The number of para-hydroxylation sites is 1. The lowest BCUT2D eigenvalue weighted by Gasteiger charge is -2.37. The van der Waals surface area contributed by atoms with Crippen LogP contribution in [0.4, 0.5) is 5.69 Å². The third kappa shape index (κ3) is 2.56. The molecule has 0 amide bonds. The van der Waals surface area contributed by atoms with E-state index >= 15 is 0 Å². The maximum Gasteiger partial charge on any atom is 0.0703 e. The number of aromatic nitrogens is 1. The summed E-state index contributed by atoms with van der Waals surface area (Å²) in [5.41, 5.74) is 2.31. The number of benzene rings is 1. The van der Waals surface area contributed by atoms with Crippen molar-refractivity contribution in [3.8, 4) is 0 Å². The number of anilines is 1. The molecule has 2 aromatic rings. The van der Waals surface area contributed by atoms with Crippen molar-refractivity contribution in [1.82, 2.24) is 10.3 Å². The SMILES string of the molecule is CC(C)[C@H]1CN(c2cnc3ccccc3c2)CCN1. The molecule has 100 valence electrons. The van der Waals surface area contributed by atoms with Gasteiger partial charge in [-0.2, -0.15) is 0 Å². The Bertz CT molecular complexity index is 565. The van der Waals surface area contributed by atoms with E-state index in [0.717, 1.165) is 25.2 Å². The summed E-state index contributed by atoms with van der Waals surface area (Å²) in [5, 5.41) is 4.82. The summed E-state index contributed by atoms with van der Waals surface area (Å²) in [5.74, 6) is 0.663. The van der Waals surface area contributed by atoms with Crippen molar-refractivity contribution in [2.24, 2.45) is 5.92 Å². The second-order valence-corrected chi connectivity index (χ2v) is 5.64. The molecule has 1 atom stereocenters. The van der Waals surface area contributed by atoms with E-state index in [0.29, 0.717) is 12.0 Å². The summed E-state index contributed by atoms with van der Waals surface area (Å²) >= 11 is 0. The molecule has 3 nitrogen and oxygen atoms in total. The van der Waals surface area contributed by atoms with Gasteiger partial charge in [-0.15, -0.1) is 0 Å². The van der Waals surface area contributed by atoms with Crippen molar-refractivity contribution < 1.29 is 0 Å². The molecule has 2 heterocycles. The second-order valence-electron chi connectivity index (χ2n) is 5.64. The van der Waals surface area contributed by atoms with E-state index in [1.807, 2.05) is 12.3 Å². The summed E-state index contributed by atoms with van der Waals surface area (Å²) in [6, 6.07) is 11.1. The fourth-order valence-corrected chi connectivity index (χ4v) is 2.69. The van der Waals surface area contributed by atoms with Crippen LogP contribution >= 0.6 is 0 Å². The molecule has 0 unspecified atom stereocenters. The molecule has 3 rings (SSSR count). The lowest BCUT2D eigenvalue weighted by atomic mass is 10.0. The van der Waals surface area contributed by atoms with Crippen molar-refractivity contribution in [1.29, 1.82) is 0 Å². The third-order valence-electron chi connectivity index (χ3n) is 3.95. The minimum atomic E-state index is 0.570.